The zero-order valence-electron chi connectivity index (χ0n) is 10.6. The molecule has 1 aliphatic heterocycles. The summed E-state index contributed by atoms with van der Waals surface area (Å²) in [6, 6.07) is 4.96. The maximum atomic E-state index is 11.9. The van der Waals surface area contributed by atoms with Crippen LogP contribution in [0.3, 0.4) is 0 Å². The van der Waals surface area contributed by atoms with Crippen LogP contribution in [0.4, 0.5) is 11.4 Å². The van der Waals surface area contributed by atoms with Gasteiger partial charge in [0, 0.05) is 5.69 Å². The van der Waals surface area contributed by atoms with Crippen LogP contribution in [0.15, 0.2) is 18.2 Å². The number of hydrogen-bond acceptors (Lipinski definition) is 5. The Morgan fingerprint density at radius 3 is 3.05 bits per heavy atom. The molecule has 0 saturated carbocycles. The van der Waals surface area contributed by atoms with Crippen molar-refractivity contribution in [2.24, 2.45) is 0 Å². The van der Waals surface area contributed by atoms with Gasteiger partial charge in [0.15, 0.2) is 6.61 Å². The van der Waals surface area contributed by atoms with Crippen LogP contribution < -0.4 is 15.4 Å². The molecule has 0 radical (unpaired) electrons. The quantitative estimate of drug-likeness (QED) is 0.746. The van der Waals surface area contributed by atoms with Gasteiger partial charge in [-0.25, -0.2) is 4.98 Å². The van der Waals surface area contributed by atoms with Gasteiger partial charge in [-0.15, -0.1) is 5.10 Å². The number of carbonyl (C=O) groups excluding carboxylic acids is 2. The predicted molar refractivity (Wildman–Crippen MR) is 69.6 cm³/mol. The Bertz CT molecular complexity index is 694. The Morgan fingerprint density at radius 2 is 2.30 bits per heavy atom. The van der Waals surface area contributed by atoms with E-state index in [1.54, 1.807) is 25.1 Å². The third-order valence-electron chi connectivity index (χ3n) is 2.67. The first-order valence-corrected chi connectivity index (χ1v) is 5.89. The highest BCUT2D eigenvalue weighted by Gasteiger charge is 2.17. The number of anilines is 2. The number of aromatic amines is 1. The third kappa shape index (κ3) is 2.30. The number of aryl methyl sites for hydroxylation is 1. The molecule has 0 bridgehead atoms. The standard InChI is InChI=1S/C12H11N5O3/c1-6-13-11(17-16-6)12(19)14-7-2-3-9-8(4-7)15-10(18)5-20-9/h2-4H,5H2,1H3,(H,14,19)(H,15,18)(H,13,16,17). The van der Waals surface area contributed by atoms with Crippen molar-refractivity contribution in [1.29, 1.82) is 0 Å². The van der Waals surface area contributed by atoms with Crippen molar-refractivity contribution in [1.82, 2.24) is 15.2 Å². The van der Waals surface area contributed by atoms with E-state index in [2.05, 4.69) is 25.8 Å². The molecule has 0 unspecified atom stereocenters. The largest absolute Gasteiger partial charge is 0.482 e. The Kier molecular flexibility index (Phi) is 2.82. The second-order valence-corrected chi connectivity index (χ2v) is 4.25. The molecule has 1 aromatic heterocycles. The molecule has 0 fully saturated rings. The number of benzene rings is 1. The number of H-pyrrole nitrogens is 1. The summed E-state index contributed by atoms with van der Waals surface area (Å²) in [4.78, 5) is 27.1. The van der Waals surface area contributed by atoms with Crippen LogP contribution >= 0.6 is 0 Å². The van der Waals surface area contributed by atoms with Gasteiger partial charge in [0.25, 0.3) is 11.8 Å². The monoisotopic (exact) mass is 273 g/mol. The van der Waals surface area contributed by atoms with Gasteiger partial charge < -0.3 is 15.4 Å². The van der Waals surface area contributed by atoms with Crippen LogP contribution in [0.5, 0.6) is 5.75 Å². The first-order chi connectivity index (χ1) is 9.61. The van der Waals surface area contributed by atoms with Crippen molar-refractivity contribution >= 4 is 23.2 Å². The number of aromatic nitrogens is 3. The zero-order chi connectivity index (χ0) is 14.1. The fourth-order valence-corrected chi connectivity index (χ4v) is 1.79. The van der Waals surface area contributed by atoms with E-state index in [0.717, 1.165) is 0 Å². The Balaban J connectivity index is 1.80. The highest BCUT2D eigenvalue weighted by molar-refractivity contribution is 6.02. The van der Waals surface area contributed by atoms with Gasteiger partial charge in [-0.05, 0) is 25.1 Å². The van der Waals surface area contributed by atoms with E-state index in [-0.39, 0.29) is 18.3 Å². The summed E-state index contributed by atoms with van der Waals surface area (Å²) in [5, 5.41) is 11.7. The summed E-state index contributed by atoms with van der Waals surface area (Å²) in [5.41, 5.74) is 1.03. The number of nitrogens with one attached hydrogen (secondary N) is 3. The molecular weight excluding hydrogens is 262 g/mol. The minimum atomic E-state index is -0.433. The maximum Gasteiger partial charge on any atom is 0.295 e. The number of nitrogens with zero attached hydrogens (tertiary/aromatic N) is 2. The molecule has 0 spiro atoms. The average molecular weight is 273 g/mol. The first-order valence-electron chi connectivity index (χ1n) is 5.89. The predicted octanol–water partition coefficient (Wildman–Crippen LogP) is 0.696. The Hall–Kier alpha value is -2.90. The van der Waals surface area contributed by atoms with E-state index in [0.29, 0.717) is 22.9 Å². The molecule has 102 valence electrons. The third-order valence-corrected chi connectivity index (χ3v) is 2.67. The van der Waals surface area contributed by atoms with E-state index >= 15 is 0 Å². The van der Waals surface area contributed by atoms with Crippen LogP contribution in [0, 0.1) is 6.92 Å². The van der Waals surface area contributed by atoms with E-state index < -0.39 is 5.91 Å². The summed E-state index contributed by atoms with van der Waals surface area (Å²) < 4.78 is 5.23. The van der Waals surface area contributed by atoms with Gasteiger partial charge in [0.05, 0.1) is 5.69 Å². The fourth-order valence-electron chi connectivity index (χ4n) is 1.79. The average Bonchev–Trinajstić information content (AvgIpc) is 2.85. The normalized spacial score (nSPS) is 13.2. The van der Waals surface area contributed by atoms with Crippen molar-refractivity contribution < 1.29 is 14.3 Å². The zero-order valence-corrected chi connectivity index (χ0v) is 10.6. The van der Waals surface area contributed by atoms with Gasteiger partial charge >= 0.3 is 0 Å². The van der Waals surface area contributed by atoms with Crippen LogP contribution in [0.25, 0.3) is 0 Å². The van der Waals surface area contributed by atoms with E-state index in [4.69, 9.17) is 4.74 Å². The molecule has 3 rings (SSSR count). The molecule has 2 amide bonds. The van der Waals surface area contributed by atoms with Gasteiger partial charge in [0.1, 0.15) is 11.6 Å². The summed E-state index contributed by atoms with van der Waals surface area (Å²) >= 11 is 0. The lowest BCUT2D eigenvalue weighted by molar-refractivity contribution is -0.118. The fraction of sp³-hybridized carbons (Fsp3) is 0.167. The molecule has 8 heteroatoms. The summed E-state index contributed by atoms with van der Waals surface area (Å²) in [6.45, 7) is 1.70. The Morgan fingerprint density at radius 1 is 1.45 bits per heavy atom. The number of ether oxygens (including phenoxy) is 1. The van der Waals surface area contributed by atoms with Crippen molar-refractivity contribution in [2.45, 2.75) is 6.92 Å². The molecule has 0 aliphatic carbocycles. The summed E-state index contributed by atoms with van der Waals surface area (Å²) in [5.74, 6) is 0.515. The smallest absolute Gasteiger partial charge is 0.295 e. The lowest BCUT2D eigenvalue weighted by atomic mass is 10.2. The number of fused-ring (bicyclic) bond motifs is 1. The molecule has 1 aromatic carbocycles. The number of carbonyl (C=O) groups is 2. The maximum absolute atomic E-state index is 11.9. The van der Waals surface area contributed by atoms with Crippen molar-refractivity contribution in [2.75, 3.05) is 17.2 Å². The second kappa shape index (κ2) is 4.65. The molecular formula is C12H11N5O3. The van der Waals surface area contributed by atoms with Gasteiger partial charge in [-0.2, -0.15) is 0 Å². The number of amides is 2. The van der Waals surface area contributed by atoms with Crippen molar-refractivity contribution in [3.63, 3.8) is 0 Å². The Labute approximate surface area is 113 Å². The first kappa shape index (κ1) is 12.2. The molecule has 1 aliphatic rings. The molecule has 0 saturated heterocycles. The molecule has 20 heavy (non-hydrogen) atoms. The molecule has 2 heterocycles. The van der Waals surface area contributed by atoms with Gasteiger partial charge in [-0.3, -0.25) is 14.7 Å². The summed E-state index contributed by atoms with van der Waals surface area (Å²) in [6.07, 6.45) is 0. The molecule has 0 atom stereocenters. The second-order valence-electron chi connectivity index (χ2n) is 4.25. The van der Waals surface area contributed by atoms with Gasteiger partial charge in [-0.1, -0.05) is 0 Å². The number of hydrogen-bond donors (Lipinski definition) is 3. The lowest BCUT2D eigenvalue weighted by Gasteiger charge is -2.18. The molecule has 3 N–H and O–H groups in total. The van der Waals surface area contributed by atoms with E-state index in [9.17, 15) is 9.59 Å². The minimum absolute atomic E-state index is 0.00479. The SMILES string of the molecule is Cc1nc(C(=O)Nc2ccc3c(c2)NC(=O)CO3)n[nH]1. The van der Waals surface area contributed by atoms with Crippen molar-refractivity contribution in [3.05, 3.63) is 29.8 Å². The topological polar surface area (TPSA) is 109 Å². The number of rotatable bonds is 2. The van der Waals surface area contributed by atoms with Crippen LogP contribution in [0.2, 0.25) is 0 Å². The highest BCUT2D eigenvalue weighted by Crippen LogP contribution is 2.30. The highest BCUT2D eigenvalue weighted by atomic mass is 16.5. The summed E-state index contributed by atoms with van der Waals surface area (Å²) in [7, 11) is 0. The van der Waals surface area contributed by atoms with Crippen molar-refractivity contribution in [3.8, 4) is 5.75 Å². The van der Waals surface area contributed by atoms with Crippen LogP contribution in [0.1, 0.15) is 16.4 Å². The van der Waals surface area contributed by atoms with E-state index in [1.165, 1.54) is 0 Å². The lowest BCUT2D eigenvalue weighted by Crippen LogP contribution is -2.25. The minimum Gasteiger partial charge on any atom is -0.482 e. The van der Waals surface area contributed by atoms with Crippen LogP contribution in [-0.2, 0) is 4.79 Å². The van der Waals surface area contributed by atoms with Crippen LogP contribution in [-0.4, -0.2) is 33.6 Å². The molecule has 2 aromatic rings. The van der Waals surface area contributed by atoms with Gasteiger partial charge in [0.2, 0.25) is 5.82 Å². The molecule has 8 nitrogen and oxygen atoms in total. The van der Waals surface area contributed by atoms with E-state index in [1.807, 2.05) is 0 Å².